The number of carbonyl (C=O) groups is 2. The molecule has 0 aromatic heterocycles. The van der Waals surface area contributed by atoms with Crippen molar-refractivity contribution in [2.45, 2.75) is 443 Å². The molecule has 0 fully saturated rings. The highest BCUT2D eigenvalue weighted by atomic mass is 16.5. The zero-order valence-corrected chi connectivity index (χ0v) is 56.5. The fourth-order valence-corrected chi connectivity index (χ4v) is 12.2. The number of rotatable bonds is 72. The van der Waals surface area contributed by atoms with Crippen LogP contribution in [0.2, 0.25) is 0 Å². The summed E-state index contributed by atoms with van der Waals surface area (Å²) in [6, 6.07) is -0.625. The molecule has 0 aliphatic heterocycles. The van der Waals surface area contributed by atoms with E-state index in [1.165, 1.54) is 366 Å². The third-order valence-corrected chi connectivity index (χ3v) is 18.0. The molecule has 0 radical (unpaired) electrons. The van der Waals surface area contributed by atoms with Gasteiger partial charge in [-0.05, 0) is 57.8 Å². The first-order chi connectivity index (χ1) is 41.0. The van der Waals surface area contributed by atoms with E-state index in [2.05, 4.69) is 31.3 Å². The molecule has 0 aromatic rings. The monoisotopic (exact) mass is 1170 g/mol. The average Bonchev–Trinajstić information content (AvgIpc) is 3.49. The number of unbranched alkanes of at least 4 members (excludes halogenated alkanes) is 59. The summed E-state index contributed by atoms with van der Waals surface area (Å²) in [5.41, 5.74) is 0. The molecule has 0 aromatic carbocycles. The van der Waals surface area contributed by atoms with Gasteiger partial charge in [0, 0.05) is 12.8 Å². The number of nitrogens with one attached hydrogen (secondary N) is 1. The minimum Gasteiger partial charge on any atom is -0.466 e. The van der Waals surface area contributed by atoms with Crippen molar-refractivity contribution in [2.24, 2.45) is 0 Å². The number of hydrogen-bond donors (Lipinski definition) is 3. The molecule has 0 heterocycles. The van der Waals surface area contributed by atoms with Crippen LogP contribution in [-0.2, 0) is 14.3 Å². The molecule has 3 N–H and O–H groups in total. The van der Waals surface area contributed by atoms with Gasteiger partial charge >= 0.3 is 5.97 Å². The first-order valence-electron chi connectivity index (χ1n) is 38.1. The van der Waals surface area contributed by atoms with Gasteiger partial charge < -0.3 is 20.3 Å². The maximum Gasteiger partial charge on any atom is 0.305 e. The summed E-state index contributed by atoms with van der Waals surface area (Å²) in [5.74, 6) is -0.0388. The fraction of sp³-hybridized carbons (Fsp3) is 0.922. The summed E-state index contributed by atoms with van der Waals surface area (Å²) >= 11 is 0. The first-order valence-corrected chi connectivity index (χ1v) is 38.1. The lowest BCUT2D eigenvalue weighted by molar-refractivity contribution is -0.143. The van der Waals surface area contributed by atoms with Crippen LogP contribution in [0.25, 0.3) is 0 Å². The van der Waals surface area contributed by atoms with E-state index in [1.54, 1.807) is 6.08 Å². The Hall–Kier alpha value is -1.66. The molecular formula is C77H149NO5. The lowest BCUT2D eigenvalue weighted by Gasteiger charge is -2.20. The van der Waals surface area contributed by atoms with E-state index in [4.69, 9.17) is 4.74 Å². The minimum absolute atomic E-state index is 0.0214. The van der Waals surface area contributed by atoms with E-state index >= 15 is 0 Å². The lowest BCUT2D eigenvalue weighted by atomic mass is 10.0. The molecular weight excluding hydrogens is 1020 g/mol. The molecule has 0 saturated carbocycles. The molecule has 2 unspecified atom stereocenters. The lowest BCUT2D eigenvalue weighted by Crippen LogP contribution is -2.45. The van der Waals surface area contributed by atoms with E-state index in [-0.39, 0.29) is 18.5 Å². The Balaban J connectivity index is 3.36. The molecule has 2 atom stereocenters. The van der Waals surface area contributed by atoms with Crippen molar-refractivity contribution in [1.82, 2.24) is 5.32 Å². The molecule has 492 valence electrons. The molecule has 83 heavy (non-hydrogen) atoms. The molecule has 0 spiro atoms. The van der Waals surface area contributed by atoms with Crippen LogP contribution in [-0.4, -0.2) is 47.4 Å². The molecule has 6 nitrogen and oxygen atoms in total. The van der Waals surface area contributed by atoms with Crippen molar-refractivity contribution >= 4 is 11.9 Å². The van der Waals surface area contributed by atoms with Crippen LogP contribution in [0.15, 0.2) is 24.3 Å². The number of ether oxygens (including phenoxy) is 1. The van der Waals surface area contributed by atoms with Crippen LogP contribution in [0, 0.1) is 0 Å². The number of hydrogen-bond acceptors (Lipinski definition) is 5. The molecule has 0 aliphatic carbocycles. The van der Waals surface area contributed by atoms with Crippen molar-refractivity contribution < 1.29 is 24.5 Å². The van der Waals surface area contributed by atoms with Crippen molar-refractivity contribution in [3.8, 4) is 0 Å². The minimum atomic E-state index is -0.842. The first kappa shape index (κ1) is 81.3. The average molecular weight is 1170 g/mol. The highest BCUT2D eigenvalue weighted by molar-refractivity contribution is 5.76. The number of allylic oxidation sites excluding steroid dienone is 3. The van der Waals surface area contributed by atoms with E-state index in [9.17, 15) is 19.8 Å². The van der Waals surface area contributed by atoms with Gasteiger partial charge in [0.1, 0.15) is 0 Å². The summed E-state index contributed by atoms with van der Waals surface area (Å²) in [6.07, 6.45) is 92.9. The Morgan fingerprint density at radius 2 is 0.566 bits per heavy atom. The van der Waals surface area contributed by atoms with Crippen LogP contribution in [0.3, 0.4) is 0 Å². The van der Waals surface area contributed by atoms with Crippen molar-refractivity contribution in [3.63, 3.8) is 0 Å². The van der Waals surface area contributed by atoms with Gasteiger partial charge in [-0.15, -0.1) is 0 Å². The fourth-order valence-electron chi connectivity index (χ4n) is 12.2. The van der Waals surface area contributed by atoms with E-state index in [1.807, 2.05) is 6.08 Å². The zero-order valence-electron chi connectivity index (χ0n) is 56.5. The third-order valence-electron chi connectivity index (χ3n) is 18.0. The predicted octanol–water partition coefficient (Wildman–Crippen LogP) is 24.9. The van der Waals surface area contributed by atoms with Gasteiger partial charge in [0.05, 0.1) is 25.4 Å². The Bertz CT molecular complexity index is 1300. The Morgan fingerprint density at radius 1 is 0.325 bits per heavy atom. The Kier molecular flexibility index (Phi) is 71.4. The van der Waals surface area contributed by atoms with Gasteiger partial charge in [0.15, 0.2) is 0 Å². The van der Waals surface area contributed by atoms with Crippen molar-refractivity contribution in [2.75, 3.05) is 13.2 Å². The summed E-state index contributed by atoms with van der Waals surface area (Å²) in [6.45, 7) is 4.95. The second-order valence-electron chi connectivity index (χ2n) is 26.3. The largest absolute Gasteiger partial charge is 0.466 e. The highest BCUT2D eigenvalue weighted by Crippen LogP contribution is 2.19. The van der Waals surface area contributed by atoms with Gasteiger partial charge in [0.2, 0.25) is 5.91 Å². The smallest absolute Gasteiger partial charge is 0.305 e. The molecule has 6 heteroatoms. The van der Waals surface area contributed by atoms with Gasteiger partial charge in [-0.2, -0.15) is 0 Å². The molecule has 0 aliphatic rings. The summed E-state index contributed by atoms with van der Waals surface area (Å²) < 4.78 is 5.49. The SMILES string of the molecule is CCCCCCCCCCCCCCCCCCC/C=C/C(O)C(CO)NC(=O)CCCCCCCCCCCCCCCCCCC/C=C\CCCCCCCCCCCCCCCCOC(=O)CCCCCCCCCCCCCC. The molecule has 0 rings (SSSR count). The van der Waals surface area contributed by atoms with Gasteiger partial charge in [0.25, 0.3) is 0 Å². The molecule has 0 saturated heterocycles. The quantitative estimate of drug-likeness (QED) is 0.0320. The summed E-state index contributed by atoms with van der Waals surface area (Å²) in [4.78, 5) is 24.6. The van der Waals surface area contributed by atoms with E-state index < -0.39 is 12.1 Å². The van der Waals surface area contributed by atoms with E-state index in [0.29, 0.717) is 19.4 Å². The predicted molar refractivity (Wildman–Crippen MR) is 366 cm³/mol. The maximum atomic E-state index is 12.5. The normalized spacial score (nSPS) is 12.6. The van der Waals surface area contributed by atoms with Crippen LogP contribution in [0.4, 0.5) is 0 Å². The van der Waals surface area contributed by atoms with Crippen LogP contribution in [0.5, 0.6) is 0 Å². The van der Waals surface area contributed by atoms with E-state index in [0.717, 1.165) is 38.5 Å². The van der Waals surface area contributed by atoms with Gasteiger partial charge in [-0.1, -0.05) is 385 Å². The Labute approximate surface area is 520 Å². The Morgan fingerprint density at radius 3 is 0.855 bits per heavy atom. The second-order valence-corrected chi connectivity index (χ2v) is 26.3. The highest BCUT2D eigenvalue weighted by Gasteiger charge is 2.18. The van der Waals surface area contributed by atoms with Crippen molar-refractivity contribution in [1.29, 1.82) is 0 Å². The standard InChI is InChI=1S/C77H149NO5/c1-3-5-7-9-11-13-15-17-18-19-37-40-43-46-49-53-57-61-65-69-75(80)74(73-79)78-76(81)70-66-62-58-54-50-47-44-41-38-35-33-31-29-27-25-23-21-20-22-24-26-28-30-32-34-36-39-42-45-48-52-56-60-64-68-72-83-77(82)71-67-63-59-55-51-16-14-12-10-8-6-4-2/h22,24,65,69,74-75,79-80H,3-21,23,25-64,66-68,70-73H2,1-2H3,(H,78,81)/b24-22-,69-65+. The number of aliphatic hydroxyl groups excluding tert-OH is 2. The number of esters is 1. The van der Waals surface area contributed by atoms with Crippen molar-refractivity contribution in [3.05, 3.63) is 24.3 Å². The number of carbonyl (C=O) groups excluding carboxylic acids is 2. The number of aliphatic hydroxyl groups is 2. The van der Waals surface area contributed by atoms with Crippen LogP contribution >= 0.6 is 0 Å². The van der Waals surface area contributed by atoms with Gasteiger partial charge in [-0.3, -0.25) is 9.59 Å². The second kappa shape index (κ2) is 72.8. The molecule has 1 amide bonds. The van der Waals surface area contributed by atoms with Crippen LogP contribution < -0.4 is 5.32 Å². The topological polar surface area (TPSA) is 95.9 Å². The maximum absolute atomic E-state index is 12.5. The zero-order chi connectivity index (χ0) is 59.9. The summed E-state index contributed by atoms with van der Waals surface area (Å²) in [5, 5.41) is 23.2. The molecule has 0 bridgehead atoms. The number of amides is 1. The van der Waals surface area contributed by atoms with Crippen LogP contribution in [0.1, 0.15) is 431 Å². The summed E-state index contributed by atoms with van der Waals surface area (Å²) in [7, 11) is 0. The third kappa shape index (κ3) is 69.3. The van der Waals surface area contributed by atoms with Gasteiger partial charge in [-0.25, -0.2) is 0 Å².